The first-order chi connectivity index (χ1) is 13.4. The molecule has 1 aromatic carbocycles. The van der Waals surface area contributed by atoms with Crippen molar-refractivity contribution in [2.24, 2.45) is 12.8 Å². The van der Waals surface area contributed by atoms with Crippen molar-refractivity contribution in [3.8, 4) is 0 Å². The summed E-state index contributed by atoms with van der Waals surface area (Å²) < 4.78 is 6.54. The highest BCUT2D eigenvalue weighted by Gasteiger charge is 2.25. The summed E-state index contributed by atoms with van der Waals surface area (Å²) in [7, 11) is 3.17. The third kappa shape index (κ3) is 5.31. The number of hydrogen-bond donors (Lipinski definition) is 1. The Bertz CT molecular complexity index is 868. The Labute approximate surface area is 170 Å². The molecule has 0 saturated carbocycles. The van der Waals surface area contributed by atoms with E-state index in [-0.39, 0.29) is 24.1 Å². The van der Waals surface area contributed by atoms with Crippen LogP contribution in [0.5, 0.6) is 0 Å². The van der Waals surface area contributed by atoms with Gasteiger partial charge in [0.05, 0.1) is 16.9 Å². The summed E-state index contributed by atoms with van der Waals surface area (Å²) >= 11 is 6.07. The molecule has 7 nitrogen and oxygen atoms in total. The molecule has 2 N–H and O–H groups in total. The second-order valence-electron chi connectivity index (χ2n) is 6.89. The summed E-state index contributed by atoms with van der Waals surface area (Å²) in [5.74, 6) is 0.389. The van der Waals surface area contributed by atoms with Crippen LogP contribution in [0.25, 0.3) is 10.9 Å². The largest absolute Gasteiger partial charge is 0.375 e. The van der Waals surface area contributed by atoms with Gasteiger partial charge in [-0.3, -0.25) is 14.2 Å². The molecule has 154 valence electrons. The smallest absolute Gasteiger partial charge is 0.261 e. The molecule has 1 aromatic heterocycles. The summed E-state index contributed by atoms with van der Waals surface area (Å²) in [4.78, 5) is 31.8. The fourth-order valence-electron chi connectivity index (χ4n) is 3.30. The first kappa shape index (κ1) is 22.3. The van der Waals surface area contributed by atoms with Gasteiger partial charge >= 0.3 is 0 Å². The standard InChI is InChI=1S/C20H29ClN4O3/c1-14(25(18(26)13-28-3)11-7-5-4-6-10-22)19-23-17-12-15(21)8-9-16(17)20(27)24(19)2/h8-9,12,14H,4-7,10-11,13,22H2,1-3H3/t14-/m1/s1. The van der Waals surface area contributed by atoms with E-state index in [9.17, 15) is 9.59 Å². The Balaban J connectivity index is 2.33. The molecule has 2 rings (SSSR count). The quantitative estimate of drug-likeness (QED) is 0.610. The SMILES string of the molecule is COCC(=O)N(CCCCCCN)[C@H](C)c1nc2cc(Cl)ccc2c(=O)n1C. The van der Waals surface area contributed by atoms with Crippen LogP contribution >= 0.6 is 11.6 Å². The van der Waals surface area contributed by atoms with Crippen molar-refractivity contribution >= 4 is 28.4 Å². The van der Waals surface area contributed by atoms with Gasteiger partial charge in [0.15, 0.2) is 0 Å². The van der Waals surface area contributed by atoms with Crippen LogP contribution in [-0.4, -0.2) is 47.2 Å². The van der Waals surface area contributed by atoms with Crippen molar-refractivity contribution in [3.63, 3.8) is 0 Å². The summed E-state index contributed by atoms with van der Waals surface area (Å²) in [6.45, 7) is 3.11. The molecule has 1 amide bonds. The molecule has 0 aliphatic carbocycles. The third-order valence-electron chi connectivity index (χ3n) is 4.86. The zero-order valence-corrected chi connectivity index (χ0v) is 17.5. The summed E-state index contributed by atoms with van der Waals surface area (Å²) in [6, 6.07) is 4.64. The van der Waals surface area contributed by atoms with E-state index in [0.717, 1.165) is 25.7 Å². The van der Waals surface area contributed by atoms with Crippen molar-refractivity contribution in [1.29, 1.82) is 0 Å². The second kappa shape index (κ2) is 10.5. The highest BCUT2D eigenvalue weighted by molar-refractivity contribution is 6.31. The Morgan fingerprint density at radius 3 is 2.71 bits per heavy atom. The van der Waals surface area contributed by atoms with Gasteiger partial charge in [0, 0.05) is 25.7 Å². The van der Waals surface area contributed by atoms with Crippen LogP contribution in [0, 0.1) is 0 Å². The zero-order valence-electron chi connectivity index (χ0n) is 16.8. The maximum Gasteiger partial charge on any atom is 0.261 e. The number of rotatable bonds is 10. The molecule has 1 atom stereocenters. The Kier molecular flexibility index (Phi) is 8.41. The number of methoxy groups -OCH3 is 1. The maximum absolute atomic E-state index is 12.8. The van der Waals surface area contributed by atoms with E-state index >= 15 is 0 Å². The Hall–Kier alpha value is -1.96. The average Bonchev–Trinajstić information content (AvgIpc) is 2.67. The van der Waals surface area contributed by atoms with Crippen LogP contribution < -0.4 is 11.3 Å². The minimum Gasteiger partial charge on any atom is -0.375 e. The number of carbonyl (C=O) groups excluding carboxylic acids is 1. The summed E-state index contributed by atoms with van der Waals surface area (Å²) in [6.07, 6.45) is 3.85. The van der Waals surface area contributed by atoms with Gasteiger partial charge in [-0.25, -0.2) is 4.98 Å². The predicted octanol–water partition coefficient (Wildman–Crippen LogP) is 2.64. The molecule has 2 aromatic rings. The average molecular weight is 409 g/mol. The molecular weight excluding hydrogens is 380 g/mol. The van der Waals surface area contributed by atoms with E-state index < -0.39 is 0 Å². The molecule has 1 heterocycles. The summed E-state index contributed by atoms with van der Waals surface area (Å²) in [5.41, 5.74) is 5.90. The third-order valence-corrected chi connectivity index (χ3v) is 5.09. The lowest BCUT2D eigenvalue weighted by atomic mass is 10.1. The van der Waals surface area contributed by atoms with Crippen LogP contribution in [0.4, 0.5) is 0 Å². The number of amides is 1. The van der Waals surface area contributed by atoms with E-state index in [4.69, 9.17) is 22.1 Å². The van der Waals surface area contributed by atoms with Gasteiger partial charge in [0.2, 0.25) is 5.91 Å². The lowest BCUT2D eigenvalue weighted by Gasteiger charge is -2.30. The molecular formula is C20H29ClN4O3. The van der Waals surface area contributed by atoms with Gasteiger partial charge in [-0.2, -0.15) is 0 Å². The number of fused-ring (bicyclic) bond motifs is 1. The molecule has 28 heavy (non-hydrogen) atoms. The normalized spacial score (nSPS) is 12.3. The van der Waals surface area contributed by atoms with Gasteiger partial charge in [0.25, 0.3) is 5.56 Å². The lowest BCUT2D eigenvalue weighted by Crippen LogP contribution is -2.39. The fourth-order valence-corrected chi connectivity index (χ4v) is 3.46. The molecule has 0 spiro atoms. The number of nitrogens with zero attached hydrogens (tertiary/aromatic N) is 3. The van der Waals surface area contributed by atoms with Gasteiger partial charge in [-0.15, -0.1) is 0 Å². The van der Waals surface area contributed by atoms with Crippen molar-refractivity contribution in [2.45, 2.75) is 38.6 Å². The number of aromatic nitrogens is 2. The highest BCUT2D eigenvalue weighted by Crippen LogP contribution is 2.22. The molecule has 8 heteroatoms. The van der Waals surface area contributed by atoms with Gasteiger partial charge in [-0.1, -0.05) is 24.4 Å². The Morgan fingerprint density at radius 1 is 1.32 bits per heavy atom. The maximum atomic E-state index is 12.8. The number of halogens is 1. The predicted molar refractivity (Wildman–Crippen MR) is 112 cm³/mol. The second-order valence-corrected chi connectivity index (χ2v) is 7.33. The number of carbonyl (C=O) groups is 1. The summed E-state index contributed by atoms with van der Waals surface area (Å²) in [5, 5.41) is 1.01. The Morgan fingerprint density at radius 2 is 2.04 bits per heavy atom. The fraction of sp³-hybridized carbons (Fsp3) is 0.550. The molecule has 0 unspecified atom stereocenters. The van der Waals surface area contributed by atoms with Crippen LogP contribution in [0.15, 0.2) is 23.0 Å². The zero-order chi connectivity index (χ0) is 20.7. The number of unbranched alkanes of at least 4 members (excludes halogenated alkanes) is 3. The number of nitrogens with two attached hydrogens (primary N) is 1. The van der Waals surface area contributed by atoms with E-state index in [1.807, 2.05) is 6.92 Å². The van der Waals surface area contributed by atoms with E-state index in [2.05, 4.69) is 4.98 Å². The van der Waals surface area contributed by atoms with E-state index in [1.54, 1.807) is 30.1 Å². The van der Waals surface area contributed by atoms with Crippen molar-refractivity contribution < 1.29 is 9.53 Å². The molecule has 0 bridgehead atoms. The lowest BCUT2D eigenvalue weighted by molar-refractivity contribution is -0.137. The number of benzene rings is 1. The van der Waals surface area contributed by atoms with Crippen LogP contribution in [0.2, 0.25) is 5.02 Å². The van der Waals surface area contributed by atoms with Gasteiger partial charge < -0.3 is 15.4 Å². The molecule has 0 saturated heterocycles. The minimum atomic E-state index is -0.377. The van der Waals surface area contributed by atoms with Crippen LogP contribution in [0.3, 0.4) is 0 Å². The van der Waals surface area contributed by atoms with Crippen molar-refractivity contribution in [2.75, 3.05) is 26.8 Å². The van der Waals surface area contributed by atoms with Crippen molar-refractivity contribution in [1.82, 2.24) is 14.5 Å². The highest BCUT2D eigenvalue weighted by atomic mass is 35.5. The van der Waals surface area contributed by atoms with Gasteiger partial charge in [0.1, 0.15) is 12.4 Å². The minimum absolute atomic E-state index is 0.0134. The van der Waals surface area contributed by atoms with Gasteiger partial charge in [-0.05, 0) is 44.5 Å². The number of hydrogen-bond acceptors (Lipinski definition) is 5. The monoisotopic (exact) mass is 408 g/mol. The van der Waals surface area contributed by atoms with E-state index in [0.29, 0.717) is 34.8 Å². The topological polar surface area (TPSA) is 90.5 Å². The van der Waals surface area contributed by atoms with Crippen LogP contribution in [-0.2, 0) is 16.6 Å². The molecule has 0 aliphatic rings. The molecule has 0 radical (unpaired) electrons. The number of ether oxygens (including phenoxy) is 1. The molecule has 0 fully saturated rings. The van der Waals surface area contributed by atoms with Crippen LogP contribution in [0.1, 0.15) is 44.5 Å². The molecule has 0 aliphatic heterocycles. The van der Waals surface area contributed by atoms with E-state index in [1.165, 1.54) is 11.7 Å². The van der Waals surface area contributed by atoms with Crippen molar-refractivity contribution in [3.05, 3.63) is 39.4 Å². The first-order valence-corrected chi connectivity index (χ1v) is 9.93. The first-order valence-electron chi connectivity index (χ1n) is 9.55.